The van der Waals surface area contributed by atoms with E-state index in [-0.39, 0.29) is 30.5 Å². The van der Waals surface area contributed by atoms with Crippen molar-refractivity contribution in [2.45, 2.75) is 44.8 Å². The molecule has 1 amide bonds. The normalized spacial score (nSPS) is 19.2. The molecule has 2 atom stereocenters. The maximum Gasteiger partial charge on any atom is 0.224 e. The highest BCUT2D eigenvalue weighted by Gasteiger charge is 2.16. The molecular formula is C15H23ClN2O2. The zero-order valence-corrected chi connectivity index (χ0v) is 12.6. The van der Waals surface area contributed by atoms with Crippen LogP contribution in [0, 0.1) is 0 Å². The molecule has 2 rings (SSSR count). The summed E-state index contributed by atoms with van der Waals surface area (Å²) in [5.41, 5.74) is 7.67. The summed E-state index contributed by atoms with van der Waals surface area (Å²) in [5.74, 6) is 0.0454. The van der Waals surface area contributed by atoms with Gasteiger partial charge in [0.1, 0.15) is 0 Å². The van der Waals surface area contributed by atoms with Gasteiger partial charge in [-0.15, -0.1) is 12.4 Å². The molecule has 112 valence electrons. The molecular weight excluding hydrogens is 276 g/mol. The number of benzene rings is 1. The summed E-state index contributed by atoms with van der Waals surface area (Å²) in [4.78, 5) is 11.8. The molecule has 0 bridgehead atoms. The molecule has 1 aliphatic heterocycles. The van der Waals surface area contributed by atoms with Crippen molar-refractivity contribution in [3.05, 3.63) is 29.8 Å². The van der Waals surface area contributed by atoms with E-state index in [1.54, 1.807) is 0 Å². The second-order valence-electron chi connectivity index (χ2n) is 5.13. The first kappa shape index (κ1) is 17.0. The Bertz CT molecular complexity index is 414. The van der Waals surface area contributed by atoms with Gasteiger partial charge < -0.3 is 15.8 Å². The second kappa shape index (κ2) is 8.25. The maximum atomic E-state index is 11.8. The van der Waals surface area contributed by atoms with Crippen LogP contribution in [0.1, 0.15) is 44.2 Å². The first-order valence-corrected chi connectivity index (χ1v) is 6.92. The number of ether oxygens (including phenoxy) is 1. The van der Waals surface area contributed by atoms with Crippen molar-refractivity contribution < 1.29 is 9.53 Å². The number of carbonyl (C=O) groups is 1. The fourth-order valence-electron chi connectivity index (χ4n) is 2.26. The average Bonchev–Trinajstić information content (AvgIpc) is 2.90. The monoisotopic (exact) mass is 298 g/mol. The summed E-state index contributed by atoms with van der Waals surface area (Å²) >= 11 is 0. The molecule has 0 spiro atoms. The zero-order valence-electron chi connectivity index (χ0n) is 11.8. The molecule has 0 aliphatic carbocycles. The van der Waals surface area contributed by atoms with Crippen LogP contribution in [0.4, 0.5) is 5.69 Å². The van der Waals surface area contributed by atoms with E-state index >= 15 is 0 Å². The highest BCUT2D eigenvalue weighted by molar-refractivity contribution is 5.90. The van der Waals surface area contributed by atoms with Gasteiger partial charge in [-0.3, -0.25) is 4.79 Å². The van der Waals surface area contributed by atoms with E-state index in [0.717, 1.165) is 37.1 Å². The SMILES string of the molecule is CC(N)c1ccc(NC(=O)CCC2CCCO2)cc1.Cl. The Balaban J connectivity index is 0.00000200. The Kier molecular flexibility index (Phi) is 6.99. The molecule has 0 aromatic heterocycles. The van der Waals surface area contributed by atoms with Gasteiger partial charge in [0.2, 0.25) is 5.91 Å². The maximum absolute atomic E-state index is 11.8. The van der Waals surface area contributed by atoms with Gasteiger partial charge in [0.05, 0.1) is 6.10 Å². The highest BCUT2D eigenvalue weighted by atomic mass is 35.5. The van der Waals surface area contributed by atoms with Crippen molar-refractivity contribution in [2.75, 3.05) is 11.9 Å². The van der Waals surface area contributed by atoms with Gasteiger partial charge >= 0.3 is 0 Å². The van der Waals surface area contributed by atoms with E-state index in [1.807, 2.05) is 31.2 Å². The second-order valence-corrected chi connectivity index (χ2v) is 5.13. The molecule has 5 heteroatoms. The van der Waals surface area contributed by atoms with Crippen molar-refractivity contribution in [3.63, 3.8) is 0 Å². The Morgan fingerprint density at radius 3 is 2.70 bits per heavy atom. The average molecular weight is 299 g/mol. The molecule has 0 radical (unpaired) electrons. The summed E-state index contributed by atoms with van der Waals surface area (Å²) in [6.07, 6.45) is 3.79. The third-order valence-electron chi connectivity index (χ3n) is 3.44. The first-order valence-electron chi connectivity index (χ1n) is 6.92. The number of nitrogens with one attached hydrogen (secondary N) is 1. The van der Waals surface area contributed by atoms with Crippen LogP contribution in [0.25, 0.3) is 0 Å². The molecule has 1 aromatic rings. The summed E-state index contributed by atoms with van der Waals surface area (Å²) in [6.45, 7) is 2.78. The third kappa shape index (κ3) is 5.12. The fraction of sp³-hybridized carbons (Fsp3) is 0.533. The van der Waals surface area contributed by atoms with Gasteiger partial charge in [-0.2, -0.15) is 0 Å². The predicted molar refractivity (Wildman–Crippen MR) is 83.1 cm³/mol. The van der Waals surface area contributed by atoms with Gasteiger partial charge in [0, 0.05) is 24.8 Å². The molecule has 1 aromatic carbocycles. The lowest BCUT2D eigenvalue weighted by Crippen LogP contribution is -2.15. The number of hydrogen-bond acceptors (Lipinski definition) is 3. The molecule has 20 heavy (non-hydrogen) atoms. The lowest BCUT2D eigenvalue weighted by molar-refractivity contribution is -0.116. The number of nitrogens with two attached hydrogens (primary N) is 1. The van der Waals surface area contributed by atoms with Crippen molar-refractivity contribution in [2.24, 2.45) is 5.73 Å². The van der Waals surface area contributed by atoms with Crippen LogP contribution in [0.2, 0.25) is 0 Å². The van der Waals surface area contributed by atoms with E-state index < -0.39 is 0 Å². The van der Waals surface area contributed by atoms with Crippen LogP contribution in [-0.2, 0) is 9.53 Å². The van der Waals surface area contributed by atoms with Gasteiger partial charge in [-0.1, -0.05) is 12.1 Å². The quantitative estimate of drug-likeness (QED) is 0.878. The Labute approximate surface area is 126 Å². The lowest BCUT2D eigenvalue weighted by atomic mass is 10.1. The van der Waals surface area contributed by atoms with Crippen LogP contribution in [0.15, 0.2) is 24.3 Å². The summed E-state index contributed by atoms with van der Waals surface area (Å²) in [7, 11) is 0. The number of carbonyl (C=O) groups excluding carboxylic acids is 1. The lowest BCUT2D eigenvalue weighted by Gasteiger charge is -2.10. The largest absolute Gasteiger partial charge is 0.378 e. The minimum Gasteiger partial charge on any atom is -0.378 e. The van der Waals surface area contributed by atoms with Crippen molar-refractivity contribution in [1.82, 2.24) is 0 Å². The van der Waals surface area contributed by atoms with Crippen LogP contribution in [-0.4, -0.2) is 18.6 Å². The van der Waals surface area contributed by atoms with E-state index in [0.29, 0.717) is 6.42 Å². The predicted octanol–water partition coefficient (Wildman–Crippen LogP) is 3.03. The Morgan fingerprint density at radius 2 is 2.15 bits per heavy atom. The van der Waals surface area contributed by atoms with Crippen molar-refractivity contribution >= 4 is 24.0 Å². The third-order valence-corrected chi connectivity index (χ3v) is 3.44. The minimum atomic E-state index is 0. The molecule has 0 saturated carbocycles. The van der Waals surface area contributed by atoms with Crippen LogP contribution in [0.5, 0.6) is 0 Å². The van der Waals surface area contributed by atoms with E-state index in [2.05, 4.69) is 5.32 Å². The van der Waals surface area contributed by atoms with Crippen molar-refractivity contribution in [3.8, 4) is 0 Å². The number of hydrogen-bond donors (Lipinski definition) is 2. The fourth-order valence-corrected chi connectivity index (χ4v) is 2.26. The van der Waals surface area contributed by atoms with Gasteiger partial charge in [0.25, 0.3) is 0 Å². The zero-order chi connectivity index (χ0) is 13.7. The number of rotatable bonds is 5. The molecule has 1 fully saturated rings. The van der Waals surface area contributed by atoms with Gasteiger partial charge in [0.15, 0.2) is 0 Å². The van der Waals surface area contributed by atoms with Crippen LogP contribution in [0.3, 0.4) is 0 Å². The van der Waals surface area contributed by atoms with Crippen LogP contribution >= 0.6 is 12.4 Å². The minimum absolute atomic E-state index is 0. The highest BCUT2D eigenvalue weighted by Crippen LogP contribution is 2.18. The van der Waals surface area contributed by atoms with Gasteiger partial charge in [-0.05, 0) is 43.9 Å². The Hall–Kier alpha value is -1.10. The molecule has 1 heterocycles. The molecule has 3 N–H and O–H groups in total. The van der Waals surface area contributed by atoms with Gasteiger partial charge in [-0.25, -0.2) is 0 Å². The topological polar surface area (TPSA) is 64.3 Å². The number of halogens is 1. The number of anilines is 1. The van der Waals surface area contributed by atoms with E-state index in [1.165, 1.54) is 0 Å². The molecule has 4 nitrogen and oxygen atoms in total. The molecule has 1 aliphatic rings. The molecule has 1 saturated heterocycles. The number of amides is 1. The van der Waals surface area contributed by atoms with E-state index in [9.17, 15) is 4.79 Å². The first-order chi connectivity index (χ1) is 9.15. The van der Waals surface area contributed by atoms with Crippen molar-refractivity contribution in [1.29, 1.82) is 0 Å². The van der Waals surface area contributed by atoms with Crippen LogP contribution < -0.4 is 11.1 Å². The summed E-state index contributed by atoms with van der Waals surface area (Å²) in [6, 6.07) is 7.69. The van der Waals surface area contributed by atoms with E-state index in [4.69, 9.17) is 10.5 Å². The standard InChI is InChI=1S/C15H22N2O2.ClH/c1-11(16)12-4-6-13(7-5-12)17-15(18)9-8-14-3-2-10-19-14;/h4-7,11,14H,2-3,8-10,16H2,1H3,(H,17,18);1H. The smallest absolute Gasteiger partial charge is 0.224 e. The molecule has 2 unspecified atom stereocenters. The summed E-state index contributed by atoms with van der Waals surface area (Å²) in [5, 5.41) is 2.90. The summed E-state index contributed by atoms with van der Waals surface area (Å²) < 4.78 is 5.50. The Morgan fingerprint density at radius 1 is 1.45 bits per heavy atom.